The minimum absolute atomic E-state index is 0. The van der Waals surface area contributed by atoms with E-state index in [0.29, 0.717) is 12.4 Å². The van der Waals surface area contributed by atoms with Crippen LogP contribution < -0.4 is 15.2 Å². The molecule has 0 saturated heterocycles. The molecule has 0 bridgehead atoms. The molecule has 1 rings (SSSR count). The van der Waals surface area contributed by atoms with E-state index in [1.807, 2.05) is 0 Å². The molecule has 0 radical (unpaired) electrons. The monoisotopic (exact) mass is 285 g/mol. The molecule has 104 valence electrons. The lowest BCUT2D eigenvalue weighted by Crippen LogP contribution is -2.28. The number of nitrogens with two attached hydrogens (primary N) is 1. The Bertz CT molecular complexity index is 385. The fourth-order valence-corrected chi connectivity index (χ4v) is 1.34. The van der Waals surface area contributed by atoms with Gasteiger partial charge in [0.05, 0.1) is 13.7 Å². The third kappa shape index (κ3) is 3.96. The Hall–Kier alpha value is -1.14. The lowest BCUT2D eigenvalue weighted by atomic mass is 10.1. The average molecular weight is 286 g/mol. The average Bonchev–Trinajstić information content (AvgIpc) is 2.28. The molecule has 3 nitrogen and oxygen atoms in total. The molecule has 7 heteroatoms. The Labute approximate surface area is 109 Å². The fourth-order valence-electron chi connectivity index (χ4n) is 1.34. The van der Waals surface area contributed by atoms with Crippen LogP contribution in [0.5, 0.6) is 11.5 Å². The summed E-state index contributed by atoms with van der Waals surface area (Å²) >= 11 is 0. The molecule has 0 aliphatic rings. The van der Waals surface area contributed by atoms with Crippen LogP contribution in [0.3, 0.4) is 0 Å². The van der Waals surface area contributed by atoms with Crippen LogP contribution in [0.15, 0.2) is 18.2 Å². The Kier molecular flexibility index (Phi) is 6.28. The molecule has 0 amide bonds. The number of ether oxygens (including phenoxy) is 2. The maximum atomic E-state index is 12.4. The smallest absolute Gasteiger partial charge is 0.407 e. The van der Waals surface area contributed by atoms with Gasteiger partial charge < -0.3 is 15.2 Å². The third-order valence-electron chi connectivity index (χ3n) is 2.20. The summed E-state index contributed by atoms with van der Waals surface area (Å²) in [6, 6.07) is 1.92. The lowest BCUT2D eigenvalue weighted by molar-refractivity contribution is -0.149. The molecule has 0 aliphatic heterocycles. The first kappa shape index (κ1) is 16.9. The summed E-state index contributed by atoms with van der Waals surface area (Å²) < 4.78 is 47.4. The first-order chi connectivity index (χ1) is 7.90. The van der Waals surface area contributed by atoms with Gasteiger partial charge in [0.1, 0.15) is 6.04 Å². The maximum Gasteiger partial charge on any atom is 0.407 e. The van der Waals surface area contributed by atoms with E-state index in [1.54, 1.807) is 6.92 Å². The molecule has 0 unspecified atom stereocenters. The molecule has 1 aromatic rings. The van der Waals surface area contributed by atoms with Gasteiger partial charge in [-0.05, 0) is 24.6 Å². The van der Waals surface area contributed by atoms with Gasteiger partial charge in [-0.3, -0.25) is 0 Å². The summed E-state index contributed by atoms with van der Waals surface area (Å²) in [6.07, 6.45) is -4.47. The Morgan fingerprint density at radius 1 is 1.28 bits per heavy atom. The lowest BCUT2D eigenvalue weighted by Gasteiger charge is -2.17. The van der Waals surface area contributed by atoms with Gasteiger partial charge in [-0.25, -0.2) is 0 Å². The first-order valence-corrected chi connectivity index (χ1v) is 5.03. The molecular weight excluding hydrogens is 271 g/mol. The number of alkyl halides is 3. The molecule has 0 saturated carbocycles. The van der Waals surface area contributed by atoms with Crippen LogP contribution >= 0.6 is 12.4 Å². The van der Waals surface area contributed by atoms with Crippen molar-refractivity contribution in [2.75, 3.05) is 13.7 Å². The van der Waals surface area contributed by atoms with Gasteiger partial charge in [0.2, 0.25) is 0 Å². The molecule has 1 atom stereocenters. The van der Waals surface area contributed by atoms with E-state index in [2.05, 4.69) is 0 Å². The molecule has 18 heavy (non-hydrogen) atoms. The number of methoxy groups -OCH3 is 1. The van der Waals surface area contributed by atoms with E-state index in [1.165, 1.54) is 25.3 Å². The van der Waals surface area contributed by atoms with E-state index < -0.39 is 12.2 Å². The summed E-state index contributed by atoms with van der Waals surface area (Å²) in [5, 5.41) is 0. The van der Waals surface area contributed by atoms with Crippen LogP contribution in [0.4, 0.5) is 13.2 Å². The quantitative estimate of drug-likeness (QED) is 0.924. The van der Waals surface area contributed by atoms with Crippen molar-refractivity contribution in [3.63, 3.8) is 0 Å². The summed E-state index contributed by atoms with van der Waals surface area (Å²) in [7, 11) is 1.36. The van der Waals surface area contributed by atoms with Crippen LogP contribution in [-0.2, 0) is 0 Å². The fraction of sp³-hybridized carbons (Fsp3) is 0.455. The number of hydrogen-bond acceptors (Lipinski definition) is 3. The van der Waals surface area contributed by atoms with Gasteiger partial charge in [0, 0.05) is 0 Å². The van der Waals surface area contributed by atoms with Crippen LogP contribution in [0.1, 0.15) is 18.5 Å². The van der Waals surface area contributed by atoms with Crippen molar-refractivity contribution in [1.82, 2.24) is 0 Å². The summed E-state index contributed by atoms with van der Waals surface area (Å²) in [5.41, 5.74) is 5.04. The highest BCUT2D eigenvalue weighted by molar-refractivity contribution is 5.85. The number of hydrogen-bond donors (Lipinski definition) is 1. The van der Waals surface area contributed by atoms with Gasteiger partial charge in [-0.15, -0.1) is 12.4 Å². The Morgan fingerprint density at radius 2 is 1.89 bits per heavy atom. The first-order valence-electron chi connectivity index (χ1n) is 5.03. The van der Waals surface area contributed by atoms with Crippen molar-refractivity contribution in [3.8, 4) is 11.5 Å². The number of benzene rings is 1. The predicted molar refractivity (Wildman–Crippen MR) is 64.4 cm³/mol. The van der Waals surface area contributed by atoms with Crippen molar-refractivity contribution in [1.29, 1.82) is 0 Å². The van der Waals surface area contributed by atoms with Crippen molar-refractivity contribution < 1.29 is 22.6 Å². The van der Waals surface area contributed by atoms with E-state index in [0.717, 1.165) is 0 Å². The molecule has 0 spiro atoms. The molecule has 0 aliphatic carbocycles. The van der Waals surface area contributed by atoms with Crippen molar-refractivity contribution >= 4 is 12.4 Å². The maximum absolute atomic E-state index is 12.4. The number of halogens is 4. The van der Waals surface area contributed by atoms with Gasteiger partial charge in [-0.1, -0.05) is 6.07 Å². The normalized spacial score (nSPS) is 12.6. The van der Waals surface area contributed by atoms with Gasteiger partial charge in [-0.2, -0.15) is 13.2 Å². The van der Waals surface area contributed by atoms with E-state index in [-0.39, 0.29) is 23.7 Å². The van der Waals surface area contributed by atoms with Crippen LogP contribution in [0.2, 0.25) is 0 Å². The zero-order valence-electron chi connectivity index (χ0n) is 9.95. The minimum atomic E-state index is -4.47. The largest absolute Gasteiger partial charge is 0.493 e. The van der Waals surface area contributed by atoms with E-state index >= 15 is 0 Å². The van der Waals surface area contributed by atoms with Gasteiger partial charge in [0.15, 0.2) is 11.5 Å². The number of rotatable bonds is 4. The van der Waals surface area contributed by atoms with Crippen LogP contribution in [0, 0.1) is 0 Å². The molecule has 0 fully saturated rings. The second-order valence-electron chi connectivity index (χ2n) is 3.36. The zero-order chi connectivity index (χ0) is 13.1. The van der Waals surface area contributed by atoms with E-state index in [4.69, 9.17) is 15.2 Å². The predicted octanol–water partition coefficient (Wildman–Crippen LogP) is 3.08. The van der Waals surface area contributed by atoms with Crippen LogP contribution in [-0.4, -0.2) is 19.9 Å². The topological polar surface area (TPSA) is 44.5 Å². The summed E-state index contributed by atoms with van der Waals surface area (Å²) in [5.74, 6) is 0.636. The highest BCUT2D eigenvalue weighted by atomic mass is 35.5. The Morgan fingerprint density at radius 3 is 2.33 bits per heavy atom. The summed E-state index contributed by atoms with van der Waals surface area (Å²) in [6.45, 7) is 2.18. The highest BCUT2D eigenvalue weighted by Crippen LogP contribution is 2.35. The standard InChI is InChI=1S/C11H14F3NO2.ClH/c1-3-17-8-5-4-7(6-9(8)16-2)10(15)11(12,13)14;/h4-6,10H,3,15H2,1-2H3;1H/t10-;/m1./s1. The second-order valence-corrected chi connectivity index (χ2v) is 3.36. The van der Waals surface area contributed by atoms with Crippen molar-refractivity contribution in [2.45, 2.75) is 19.1 Å². The highest BCUT2D eigenvalue weighted by Gasteiger charge is 2.38. The van der Waals surface area contributed by atoms with Crippen molar-refractivity contribution in [3.05, 3.63) is 23.8 Å². The zero-order valence-corrected chi connectivity index (χ0v) is 10.8. The minimum Gasteiger partial charge on any atom is -0.493 e. The molecule has 0 heterocycles. The van der Waals surface area contributed by atoms with Crippen molar-refractivity contribution in [2.24, 2.45) is 5.73 Å². The van der Waals surface area contributed by atoms with Crippen LogP contribution in [0.25, 0.3) is 0 Å². The summed E-state index contributed by atoms with van der Waals surface area (Å²) in [4.78, 5) is 0. The van der Waals surface area contributed by atoms with Gasteiger partial charge in [0.25, 0.3) is 0 Å². The van der Waals surface area contributed by atoms with Gasteiger partial charge >= 0.3 is 6.18 Å². The second kappa shape index (κ2) is 6.70. The molecule has 1 aromatic carbocycles. The molecule has 2 N–H and O–H groups in total. The molecule has 0 aromatic heterocycles. The molecular formula is C11H15ClF3NO2. The van der Waals surface area contributed by atoms with E-state index in [9.17, 15) is 13.2 Å². The SMILES string of the molecule is CCOc1ccc([C@@H](N)C(F)(F)F)cc1OC.Cl. The third-order valence-corrected chi connectivity index (χ3v) is 2.20. The Balaban J connectivity index is 0.00000289.